The van der Waals surface area contributed by atoms with E-state index >= 15 is 0 Å². The van der Waals surface area contributed by atoms with Gasteiger partial charge in [0.05, 0.1) is 10.9 Å². The molecule has 0 unspecified atom stereocenters. The van der Waals surface area contributed by atoms with Crippen LogP contribution in [-0.4, -0.2) is 12.9 Å². The van der Waals surface area contributed by atoms with Crippen molar-refractivity contribution >= 4 is 33.0 Å². The van der Waals surface area contributed by atoms with Gasteiger partial charge in [-0.3, -0.25) is 4.79 Å². The molecule has 0 radical (unpaired) electrons. The van der Waals surface area contributed by atoms with Crippen molar-refractivity contribution in [1.82, 2.24) is 0 Å². The molecule has 1 aromatic carbocycles. The molecule has 0 N–H and O–H groups in total. The smallest absolute Gasteiger partial charge is 0.168 e. The quantitative estimate of drug-likeness (QED) is 0.790. The maximum absolute atomic E-state index is 13.9. The van der Waals surface area contributed by atoms with Crippen LogP contribution < -0.4 is 4.74 Å². The Hall–Kier alpha value is -1.20. The molecular formula is C13H10BrFO2S. The van der Waals surface area contributed by atoms with E-state index < -0.39 is 5.82 Å². The van der Waals surface area contributed by atoms with Gasteiger partial charge in [-0.25, -0.2) is 4.39 Å². The Morgan fingerprint density at radius 2 is 2.28 bits per heavy atom. The number of carbonyl (C=O) groups excluding carboxylic acids is 1. The zero-order valence-corrected chi connectivity index (χ0v) is 12.0. The summed E-state index contributed by atoms with van der Waals surface area (Å²) in [4.78, 5) is 12.0. The highest BCUT2D eigenvalue weighted by molar-refractivity contribution is 9.11. The molecule has 0 aliphatic rings. The summed E-state index contributed by atoms with van der Waals surface area (Å²) in [5, 5.41) is 1.75. The molecular weight excluding hydrogens is 319 g/mol. The molecule has 2 rings (SSSR count). The van der Waals surface area contributed by atoms with Crippen LogP contribution in [0.5, 0.6) is 5.75 Å². The van der Waals surface area contributed by atoms with Crippen molar-refractivity contribution in [3.05, 3.63) is 50.4 Å². The summed E-state index contributed by atoms with van der Waals surface area (Å²) in [6.45, 7) is 0. The van der Waals surface area contributed by atoms with Crippen molar-refractivity contribution < 1.29 is 13.9 Å². The summed E-state index contributed by atoms with van der Waals surface area (Å²) in [6.07, 6.45) is 0.0339. The summed E-state index contributed by atoms with van der Waals surface area (Å²) in [5.41, 5.74) is 0.941. The van der Waals surface area contributed by atoms with Crippen molar-refractivity contribution in [3.8, 4) is 5.75 Å². The van der Waals surface area contributed by atoms with E-state index in [1.54, 1.807) is 23.6 Å². The van der Waals surface area contributed by atoms with Crippen molar-refractivity contribution in [2.75, 3.05) is 7.11 Å². The molecule has 2 nitrogen and oxygen atoms in total. The molecule has 0 bridgehead atoms. The second kappa shape index (κ2) is 5.63. The van der Waals surface area contributed by atoms with Gasteiger partial charge in [0, 0.05) is 17.4 Å². The van der Waals surface area contributed by atoms with Gasteiger partial charge in [0.1, 0.15) is 0 Å². The molecule has 18 heavy (non-hydrogen) atoms. The van der Waals surface area contributed by atoms with Gasteiger partial charge in [-0.15, -0.1) is 11.3 Å². The van der Waals surface area contributed by atoms with Crippen LogP contribution in [0, 0.1) is 5.82 Å². The minimum Gasteiger partial charge on any atom is -0.494 e. The number of thiophene rings is 1. The maximum Gasteiger partial charge on any atom is 0.168 e. The van der Waals surface area contributed by atoms with E-state index in [0.717, 1.165) is 3.79 Å². The van der Waals surface area contributed by atoms with Crippen LogP contribution in [0.4, 0.5) is 4.39 Å². The van der Waals surface area contributed by atoms with Crippen LogP contribution in [0.2, 0.25) is 0 Å². The minimum atomic E-state index is -0.470. The molecule has 0 aliphatic carbocycles. The molecule has 0 spiro atoms. The first kappa shape index (κ1) is 13.2. The normalized spacial score (nSPS) is 10.4. The predicted molar refractivity (Wildman–Crippen MR) is 73.0 cm³/mol. The van der Waals surface area contributed by atoms with Crippen molar-refractivity contribution in [1.29, 1.82) is 0 Å². The number of rotatable bonds is 4. The van der Waals surface area contributed by atoms with Gasteiger partial charge in [-0.05, 0) is 33.6 Å². The van der Waals surface area contributed by atoms with E-state index in [-0.39, 0.29) is 18.0 Å². The van der Waals surface area contributed by atoms with E-state index in [2.05, 4.69) is 15.9 Å². The maximum atomic E-state index is 13.9. The van der Waals surface area contributed by atoms with Crippen LogP contribution in [0.1, 0.15) is 15.9 Å². The Morgan fingerprint density at radius 1 is 1.50 bits per heavy atom. The number of hydrogen-bond acceptors (Lipinski definition) is 3. The Kier molecular flexibility index (Phi) is 4.14. The monoisotopic (exact) mass is 328 g/mol. The van der Waals surface area contributed by atoms with Crippen LogP contribution in [0.25, 0.3) is 0 Å². The van der Waals surface area contributed by atoms with Gasteiger partial charge in [0.25, 0.3) is 0 Å². The number of ketones is 1. The van der Waals surface area contributed by atoms with Gasteiger partial charge in [0.2, 0.25) is 0 Å². The van der Waals surface area contributed by atoms with Gasteiger partial charge in [-0.2, -0.15) is 0 Å². The average molecular weight is 329 g/mol. The lowest BCUT2D eigenvalue weighted by molar-refractivity contribution is 0.0992. The van der Waals surface area contributed by atoms with Crippen LogP contribution in [0.15, 0.2) is 33.4 Å². The molecule has 0 atom stereocenters. The largest absolute Gasteiger partial charge is 0.494 e. The molecule has 94 valence electrons. The zero-order valence-electron chi connectivity index (χ0n) is 9.57. The number of carbonyl (C=O) groups is 1. The molecule has 0 amide bonds. The highest BCUT2D eigenvalue weighted by Crippen LogP contribution is 2.24. The predicted octanol–water partition coefficient (Wildman–Crippen LogP) is 4.08. The third kappa shape index (κ3) is 2.79. The molecule has 0 saturated carbocycles. The first-order chi connectivity index (χ1) is 8.61. The first-order valence-electron chi connectivity index (χ1n) is 5.20. The summed E-state index contributed by atoms with van der Waals surface area (Å²) in [6, 6.07) is 6.54. The third-order valence-electron chi connectivity index (χ3n) is 2.50. The van der Waals surface area contributed by atoms with Crippen molar-refractivity contribution in [2.45, 2.75) is 6.42 Å². The number of hydrogen-bond donors (Lipinski definition) is 0. The van der Waals surface area contributed by atoms with Crippen molar-refractivity contribution in [2.24, 2.45) is 0 Å². The lowest BCUT2D eigenvalue weighted by Gasteiger charge is -2.06. The van der Waals surface area contributed by atoms with E-state index in [1.165, 1.54) is 24.5 Å². The SMILES string of the molecule is COc1cccc(CC(=O)c2csc(Br)c2)c1F. The third-order valence-corrected chi connectivity index (χ3v) is 4.01. The lowest BCUT2D eigenvalue weighted by atomic mass is 10.0. The Balaban J connectivity index is 2.22. The Bertz CT molecular complexity index is 580. The highest BCUT2D eigenvalue weighted by atomic mass is 79.9. The van der Waals surface area contributed by atoms with Crippen molar-refractivity contribution in [3.63, 3.8) is 0 Å². The first-order valence-corrected chi connectivity index (χ1v) is 6.87. The Labute approximate surface area is 117 Å². The van der Waals surface area contributed by atoms with Crippen LogP contribution >= 0.6 is 27.3 Å². The van der Waals surface area contributed by atoms with Gasteiger partial charge in [0.15, 0.2) is 17.3 Å². The fourth-order valence-electron chi connectivity index (χ4n) is 1.58. The topological polar surface area (TPSA) is 26.3 Å². The lowest BCUT2D eigenvalue weighted by Crippen LogP contribution is -2.04. The molecule has 0 saturated heterocycles. The second-order valence-corrected chi connectivity index (χ2v) is 5.96. The molecule has 0 aliphatic heterocycles. The standard InChI is InChI=1S/C13H10BrFO2S/c1-17-11-4-2-3-8(13(11)15)5-10(16)9-6-12(14)18-7-9/h2-4,6-7H,5H2,1H3. The van der Waals surface area contributed by atoms with E-state index in [9.17, 15) is 9.18 Å². The van der Waals surface area contributed by atoms with Gasteiger partial charge >= 0.3 is 0 Å². The molecule has 2 aromatic rings. The van der Waals surface area contributed by atoms with E-state index in [0.29, 0.717) is 11.1 Å². The van der Waals surface area contributed by atoms with Gasteiger partial charge < -0.3 is 4.74 Å². The molecule has 5 heteroatoms. The fourth-order valence-corrected chi connectivity index (χ4v) is 2.74. The zero-order chi connectivity index (χ0) is 13.1. The Morgan fingerprint density at radius 3 is 2.89 bits per heavy atom. The van der Waals surface area contributed by atoms with E-state index in [4.69, 9.17) is 4.74 Å². The number of methoxy groups -OCH3 is 1. The number of Topliss-reactive ketones (excluding diaryl/α,β-unsaturated/α-hetero) is 1. The summed E-state index contributed by atoms with van der Waals surface area (Å²) in [5.74, 6) is -0.418. The minimum absolute atomic E-state index is 0.0339. The fraction of sp³-hybridized carbons (Fsp3) is 0.154. The summed E-state index contributed by atoms with van der Waals surface area (Å²) in [7, 11) is 1.40. The molecule has 1 aromatic heterocycles. The number of halogens is 2. The number of benzene rings is 1. The molecule has 0 fully saturated rings. The number of ether oxygens (including phenoxy) is 1. The van der Waals surface area contributed by atoms with Crippen LogP contribution in [0.3, 0.4) is 0 Å². The van der Waals surface area contributed by atoms with Gasteiger partial charge in [-0.1, -0.05) is 12.1 Å². The average Bonchev–Trinajstić information content (AvgIpc) is 2.78. The highest BCUT2D eigenvalue weighted by Gasteiger charge is 2.14. The summed E-state index contributed by atoms with van der Waals surface area (Å²) >= 11 is 4.73. The van der Waals surface area contributed by atoms with E-state index in [1.807, 2.05) is 0 Å². The van der Waals surface area contributed by atoms with Crippen LogP contribution in [-0.2, 0) is 6.42 Å². The summed E-state index contributed by atoms with van der Waals surface area (Å²) < 4.78 is 19.6. The second-order valence-electron chi connectivity index (χ2n) is 3.67. The molecule has 1 heterocycles.